The van der Waals surface area contributed by atoms with E-state index in [9.17, 15) is 9.59 Å². The minimum Gasteiger partial charge on any atom is -0.391 e. The summed E-state index contributed by atoms with van der Waals surface area (Å²) < 4.78 is 9.15. The molecule has 1 aromatic rings. The second kappa shape index (κ2) is 3.77. The van der Waals surface area contributed by atoms with Crippen molar-refractivity contribution in [1.82, 2.24) is 15.0 Å². The van der Waals surface area contributed by atoms with Crippen LogP contribution < -0.4 is 0 Å². The van der Waals surface area contributed by atoms with Gasteiger partial charge in [0.1, 0.15) is 0 Å². The number of cyclic esters (lactones) is 2. The van der Waals surface area contributed by atoms with Gasteiger partial charge in [0.2, 0.25) is 5.89 Å². The largest absolute Gasteiger partial charge is 0.391 e. The number of aromatic nitrogens is 2. The van der Waals surface area contributed by atoms with E-state index < -0.39 is 11.9 Å². The second-order valence-electron chi connectivity index (χ2n) is 3.22. The third-order valence-corrected chi connectivity index (χ3v) is 1.87. The number of rotatable bonds is 2. The number of esters is 2. The van der Waals surface area contributed by atoms with Crippen molar-refractivity contribution in [2.24, 2.45) is 0 Å². The lowest BCUT2D eigenvalue weighted by Crippen LogP contribution is -2.42. The summed E-state index contributed by atoms with van der Waals surface area (Å²) >= 11 is 0. The first kappa shape index (κ1) is 9.78. The highest BCUT2D eigenvalue weighted by Gasteiger charge is 2.25. The van der Waals surface area contributed by atoms with E-state index in [0.29, 0.717) is 18.3 Å². The zero-order valence-corrected chi connectivity index (χ0v) is 8.10. The van der Waals surface area contributed by atoms with Gasteiger partial charge in [-0.3, -0.25) is 14.5 Å². The predicted octanol–water partition coefficient (Wildman–Crippen LogP) is -0.737. The van der Waals surface area contributed by atoms with Gasteiger partial charge in [-0.1, -0.05) is 5.16 Å². The first-order valence-electron chi connectivity index (χ1n) is 4.38. The van der Waals surface area contributed by atoms with Gasteiger partial charge in [0, 0.05) is 6.92 Å². The molecule has 0 radical (unpaired) electrons. The minimum atomic E-state index is -0.550. The average molecular weight is 211 g/mol. The number of hydrogen-bond acceptors (Lipinski definition) is 7. The van der Waals surface area contributed by atoms with Crippen LogP contribution in [0.25, 0.3) is 0 Å². The molecule has 0 aromatic carbocycles. The predicted molar refractivity (Wildman–Crippen MR) is 45.4 cm³/mol. The molecule has 1 aliphatic rings. The fourth-order valence-corrected chi connectivity index (χ4v) is 1.33. The highest BCUT2D eigenvalue weighted by atomic mass is 16.6. The minimum absolute atomic E-state index is 0.0688. The topological polar surface area (TPSA) is 85.5 Å². The maximum absolute atomic E-state index is 10.9. The second-order valence-corrected chi connectivity index (χ2v) is 3.22. The van der Waals surface area contributed by atoms with E-state index in [-0.39, 0.29) is 13.1 Å². The van der Waals surface area contributed by atoms with Crippen molar-refractivity contribution in [3.8, 4) is 0 Å². The number of morpholine rings is 1. The van der Waals surface area contributed by atoms with Gasteiger partial charge in [-0.25, -0.2) is 0 Å². The van der Waals surface area contributed by atoms with Gasteiger partial charge in [-0.05, 0) is 0 Å². The van der Waals surface area contributed by atoms with Crippen LogP contribution >= 0.6 is 0 Å². The SMILES string of the molecule is Cc1nc(CN2CC(=O)OC(=O)C2)no1. The van der Waals surface area contributed by atoms with Crippen LogP contribution in [-0.4, -0.2) is 40.1 Å². The van der Waals surface area contributed by atoms with Crippen LogP contribution in [0.5, 0.6) is 0 Å². The van der Waals surface area contributed by atoms with E-state index in [4.69, 9.17) is 4.52 Å². The van der Waals surface area contributed by atoms with Crippen LogP contribution in [0.2, 0.25) is 0 Å². The van der Waals surface area contributed by atoms with Crippen molar-refractivity contribution < 1.29 is 18.8 Å². The van der Waals surface area contributed by atoms with Crippen molar-refractivity contribution >= 4 is 11.9 Å². The number of hydrogen-bond donors (Lipinski definition) is 0. The molecule has 0 aliphatic carbocycles. The Hall–Kier alpha value is -1.76. The molecular weight excluding hydrogens is 202 g/mol. The van der Waals surface area contributed by atoms with Crippen molar-refractivity contribution in [3.63, 3.8) is 0 Å². The standard InChI is InChI=1S/C8H9N3O4/c1-5-9-6(10-15-5)2-11-3-7(12)14-8(13)4-11/h2-4H2,1H3. The van der Waals surface area contributed by atoms with E-state index in [0.717, 1.165) is 0 Å². The first-order chi connectivity index (χ1) is 7.13. The van der Waals surface area contributed by atoms with E-state index in [1.807, 2.05) is 0 Å². The zero-order chi connectivity index (χ0) is 10.8. The fourth-order valence-electron chi connectivity index (χ4n) is 1.33. The Balaban J connectivity index is 2.00. The number of nitrogens with zero attached hydrogens (tertiary/aromatic N) is 3. The van der Waals surface area contributed by atoms with Crippen molar-refractivity contribution in [1.29, 1.82) is 0 Å². The molecule has 2 rings (SSSR count). The van der Waals surface area contributed by atoms with Crippen LogP contribution in [0.4, 0.5) is 0 Å². The normalized spacial score (nSPS) is 17.9. The van der Waals surface area contributed by atoms with Gasteiger partial charge >= 0.3 is 11.9 Å². The first-order valence-corrected chi connectivity index (χ1v) is 4.38. The molecule has 1 fully saturated rings. The van der Waals surface area contributed by atoms with Gasteiger partial charge in [-0.2, -0.15) is 4.98 Å². The van der Waals surface area contributed by atoms with Gasteiger partial charge in [0.05, 0.1) is 19.6 Å². The van der Waals surface area contributed by atoms with Gasteiger partial charge < -0.3 is 9.26 Å². The number of carbonyl (C=O) groups excluding carboxylic acids is 2. The van der Waals surface area contributed by atoms with E-state index in [1.165, 1.54) is 0 Å². The Kier molecular flexibility index (Phi) is 2.46. The fraction of sp³-hybridized carbons (Fsp3) is 0.500. The molecular formula is C8H9N3O4. The highest BCUT2D eigenvalue weighted by Crippen LogP contribution is 2.05. The Morgan fingerprint density at radius 1 is 1.33 bits per heavy atom. The Morgan fingerprint density at radius 3 is 2.53 bits per heavy atom. The summed E-state index contributed by atoms with van der Waals surface area (Å²) in [5.74, 6) is -0.191. The van der Waals surface area contributed by atoms with Crippen molar-refractivity contribution in [2.45, 2.75) is 13.5 Å². The number of ether oxygens (including phenoxy) is 1. The summed E-state index contributed by atoms with van der Waals surface area (Å²) in [5.41, 5.74) is 0. The summed E-state index contributed by atoms with van der Waals surface area (Å²) in [6.07, 6.45) is 0. The monoisotopic (exact) mass is 211 g/mol. The molecule has 0 N–H and O–H groups in total. The molecule has 0 spiro atoms. The number of aryl methyl sites for hydroxylation is 1. The van der Waals surface area contributed by atoms with Crippen LogP contribution in [0.3, 0.4) is 0 Å². The van der Waals surface area contributed by atoms with Gasteiger partial charge in [0.25, 0.3) is 0 Å². The molecule has 1 saturated heterocycles. The summed E-state index contributed by atoms with van der Waals surface area (Å²) in [4.78, 5) is 27.4. The molecule has 0 unspecified atom stereocenters. The molecule has 2 heterocycles. The van der Waals surface area contributed by atoms with Gasteiger partial charge in [-0.15, -0.1) is 0 Å². The molecule has 0 bridgehead atoms. The van der Waals surface area contributed by atoms with Crippen LogP contribution in [-0.2, 0) is 20.9 Å². The number of carbonyl (C=O) groups is 2. The molecule has 0 amide bonds. The lowest BCUT2D eigenvalue weighted by atomic mass is 10.4. The maximum Gasteiger partial charge on any atom is 0.327 e. The summed E-state index contributed by atoms with van der Waals surface area (Å²) in [7, 11) is 0. The quantitative estimate of drug-likeness (QED) is 0.470. The van der Waals surface area contributed by atoms with Crippen molar-refractivity contribution in [3.05, 3.63) is 11.7 Å². The van der Waals surface area contributed by atoms with Crippen LogP contribution in [0.1, 0.15) is 11.7 Å². The molecule has 80 valence electrons. The van der Waals surface area contributed by atoms with E-state index >= 15 is 0 Å². The van der Waals surface area contributed by atoms with E-state index in [1.54, 1.807) is 11.8 Å². The lowest BCUT2D eigenvalue weighted by Gasteiger charge is -2.22. The third kappa shape index (κ3) is 2.38. The van der Waals surface area contributed by atoms with E-state index in [2.05, 4.69) is 14.9 Å². The molecule has 7 nitrogen and oxygen atoms in total. The molecule has 1 aromatic heterocycles. The Morgan fingerprint density at radius 2 is 2.00 bits per heavy atom. The Bertz CT molecular complexity index is 384. The van der Waals surface area contributed by atoms with Crippen LogP contribution in [0.15, 0.2) is 4.52 Å². The summed E-state index contributed by atoms with van der Waals surface area (Å²) in [5, 5.41) is 3.67. The highest BCUT2D eigenvalue weighted by molar-refractivity contribution is 5.90. The summed E-state index contributed by atoms with van der Waals surface area (Å²) in [6.45, 7) is 2.11. The molecule has 1 aliphatic heterocycles. The lowest BCUT2D eigenvalue weighted by molar-refractivity contribution is -0.167. The third-order valence-electron chi connectivity index (χ3n) is 1.87. The van der Waals surface area contributed by atoms with Crippen molar-refractivity contribution in [2.75, 3.05) is 13.1 Å². The molecule has 7 heteroatoms. The summed E-state index contributed by atoms with van der Waals surface area (Å²) in [6, 6.07) is 0. The van der Waals surface area contributed by atoms with Crippen LogP contribution in [0, 0.1) is 6.92 Å². The van der Waals surface area contributed by atoms with Gasteiger partial charge in [0.15, 0.2) is 5.82 Å². The molecule has 0 atom stereocenters. The zero-order valence-electron chi connectivity index (χ0n) is 8.10. The Labute approximate surface area is 85.0 Å². The molecule has 15 heavy (non-hydrogen) atoms. The molecule has 0 saturated carbocycles. The maximum atomic E-state index is 10.9. The smallest absolute Gasteiger partial charge is 0.327 e. The average Bonchev–Trinajstić information content (AvgIpc) is 2.49.